The third-order valence-corrected chi connectivity index (χ3v) is 4.17. The standard InChI is InChI=1S/C12H16N4O2S/c1-8(2)16-19(17,18)10-4-5-11-9(7-10)3-6-12(14-11)15-13/h3-8,16H,13H2,1-2H3,(H,14,15). The molecule has 6 nitrogen and oxygen atoms in total. The van der Waals surface area contributed by atoms with Gasteiger partial charge in [-0.2, -0.15) is 0 Å². The minimum absolute atomic E-state index is 0.150. The molecule has 0 bridgehead atoms. The summed E-state index contributed by atoms with van der Waals surface area (Å²) >= 11 is 0. The van der Waals surface area contributed by atoms with Crippen molar-refractivity contribution in [3.63, 3.8) is 0 Å². The summed E-state index contributed by atoms with van der Waals surface area (Å²) in [5.74, 6) is 5.81. The van der Waals surface area contributed by atoms with Gasteiger partial charge in [0, 0.05) is 11.4 Å². The van der Waals surface area contributed by atoms with Crippen LogP contribution in [-0.2, 0) is 10.0 Å². The molecule has 0 atom stereocenters. The number of rotatable bonds is 4. The molecule has 0 aliphatic heterocycles. The normalized spacial score (nSPS) is 12.0. The van der Waals surface area contributed by atoms with Gasteiger partial charge in [-0.15, -0.1) is 0 Å². The van der Waals surface area contributed by atoms with Gasteiger partial charge in [0.15, 0.2) is 0 Å². The topological polar surface area (TPSA) is 97.1 Å². The van der Waals surface area contributed by atoms with Crippen LogP contribution in [0.4, 0.5) is 5.82 Å². The van der Waals surface area contributed by atoms with E-state index in [0.717, 1.165) is 5.39 Å². The van der Waals surface area contributed by atoms with Crippen molar-refractivity contribution >= 4 is 26.7 Å². The number of fused-ring (bicyclic) bond motifs is 1. The third-order valence-electron chi connectivity index (χ3n) is 2.51. The van der Waals surface area contributed by atoms with Gasteiger partial charge in [0.25, 0.3) is 0 Å². The number of hydrogen-bond donors (Lipinski definition) is 3. The molecule has 102 valence electrons. The molecule has 1 aromatic carbocycles. The summed E-state index contributed by atoms with van der Waals surface area (Å²) in [6, 6.07) is 8.09. The van der Waals surface area contributed by atoms with Crippen molar-refractivity contribution in [2.75, 3.05) is 5.43 Å². The lowest BCUT2D eigenvalue weighted by Crippen LogP contribution is -2.30. The van der Waals surface area contributed by atoms with Crippen LogP contribution in [0.25, 0.3) is 10.9 Å². The van der Waals surface area contributed by atoms with Crippen LogP contribution in [0.1, 0.15) is 13.8 Å². The van der Waals surface area contributed by atoms with E-state index in [4.69, 9.17) is 5.84 Å². The van der Waals surface area contributed by atoms with Crippen LogP contribution >= 0.6 is 0 Å². The van der Waals surface area contributed by atoms with Crippen molar-refractivity contribution in [2.24, 2.45) is 5.84 Å². The summed E-state index contributed by atoms with van der Waals surface area (Å²) in [6.45, 7) is 3.55. The predicted octanol–water partition coefficient (Wildman–Crippen LogP) is 1.21. The monoisotopic (exact) mass is 280 g/mol. The van der Waals surface area contributed by atoms with E-state index in [1.165, 1.54) is 6.07 Å². The Bertz CT molecular complexity index is 698. The van der Waals surface area contributed by atoms with Crippen LogP contribution in [0.2, 0.25) is 0 Å². The first-order valence-electron chi connectivity index (χ1n) is 5.82. The molecular formula is C12H16N4O2S. The molecular weight excluding hydrogens is 264 g/mol. The summed E-state index contributed by atoms with van der Waals surface area (Å²) in [6.07, 6.45) is 0. The number of pyridine rings is 1. The first kappa shape index (κ1) is 13.7. The van der Waals surface area contributed by atoms with Gasteiger partial charge in [-0.3, -0.25) is 0 Å². The van der Waals surface area contributed by atoms with E-state index in [1.54, 1.807) is 38.1 Å². The second-order valence-electron chi connectivity index (χ2n) is 4.47. The maximum absolute atomic E-state index is 12.0. The van der Waals surface area contributed by atoms with Gasteiger partial charge in [-0.1, -0.05) is 0 Å². The molecule has 0 saturated heterocycles. The number of aromatic nitrogens is 1. The molecule has 2 aromatic rings. The van der Waals surface area contributed by atoms with Crippen molar-refractivity contribution in [1.29, 1.82) is 0 Å². The fourth-order valence-corrected chi connectivity index (χ4v) is 3.02. The number of hydrazine groups is 1. The second kappa shape index (κ2) is 5.12. The number of benzene rings is 1. The van der Waals surface area contributed by atoms with E-state index >= 15 is 0 Å². The summed E-state index contributed by atoms with van der Waals surface area (Å²) < 4.78 is 26.6. The zero-order chi connectivity index (χ0) is 14.0. The molecule has 0 saturated carbocycles. The van der Waals surface area contributed by atoms with Crippen LogP contribution < -0.4 is 16.0 Å². The Morgan fingerprint density at radius 2 is 1.95 bits per heavy atom. The van der Waals surface area contributed by atoms with Gasteiger partial charge in [0.2, 0.25) is 10.0 Å². The minimum Gasteiger partial charge on any atom is -0.308 e. The highest BCUT2D eigenvalue weighted by atomic mass is 32.2. The number of sulfonamides is 1. The van der Waals surface area contributed by atoms with E-state index < -0.39 is 10.0 Å². The highest BCUT2D eigenvalue weighted by molar-refractivity contribution is 7.89. The lowest BCUT2D eigenvalue weighted by molar-refractivity contribution is 0.570. The lowest BCUT2D eigenvalue weighted by atomic mass is 10.2. The summed E-state index contributed by atoms with van der Waals surface area (Å²) in [5.41, 5.74) is 3.13. The average Bonchev–Trinajstić information content (AvgIpc) is 2.36. The van der Waals surface area contributed by atoms with E-state index in [-0.39, 0.29) is 10.9 Å². The number of nitrogens with two attached hydrogens (primary N) is 1. The van der Waals surface area contributed by atoms with Crippen LogP contribution in [0.5, 0.6) is 0 Å². The average molecular weight is 280 g/mol. The molecule has 0 aliphatic rings. The van der Waals surface area contributed by atoms with Gasteiger partial charge in [0.1, 0.15) is 5.82 Å². The fourth-order valence-electron chi connectivity index (χ4n) is 1.73. The lowest BCUT2D eigenvalue weighted by Gasteiger charge is -2.10. The Kier molecular flexibility index (Phi) is 3.70. The molecule has 7 heteroatoms. The fraction of sp³-hybridized carbons (Fsp3) is 0.250. The van der Waals surface area contributed by atoms with Gasteiger partial charge in [-0.05, 0) is 44.2 Å². The maximum atomic E-state index is 12.0. The number of nitrogen functional groups attached to an aromatic ring is 1. The highest BCUT2D eigenvalue weighted by Crippen LogP contribution is 2.19. The first-order chi connectivity index (χ1) is 8.92. The predicted molar refractivity (Wildman–Crippen MR) is 75.0 cm³/mol. The molecule has 1 aromatic heterocycles. The molecule has 1 heterocycles. The molecule has 0 fully saturated rings. The molecule has 19 heavy (non-hydrogen) atoms. The Hall–Kier alpha value is -1.70. The van der Waals surface area contributed by atoms with Gasteiger partial charge in [0.05, 0.1) is 10.4 Å². The zero-order valence-electron chi connectivity index (χ0n) is 10.7. The SMILES string of the molecule is CC(C)NS(=O)(=O)c1ccc2nc(NN)ccc2c1. The Labute approximate surface area is 112 Å². The largest absolute Gasteiger partial charge is 0.308 e. The maximum Gasteiger partial charge on any atom is 0.240 e. The van der Waals surface area contributed by atoms with Crippen molar-refractivity contribution in [3.8, 4) is 0 Å². The van der Waals surface area contributed by atoms with E-state index in [0.29, 0.717) is 11.3 Å². The molecule has 0 unspecified atom stereocenters. The second-order valence-corrected chi connectivity index (χ2v) is 6.19. The minimum atomic E-state index is -3.48. The molecule has 0 aliphatic carbocycles. The quantitative estimate of drug-likeness (QED) is 0.577. The van der Waals surface area contributed by atoms with Gasteiger partial charge < -0.3 is 5.43 Å². The molecule has 4 N–H and O–H groups in total. The van der Waals surface area contributed by atoms with Crippen molar-refractivity contribution in [1.82, 2.24) is 9.71 Å². The van der Waals surface area contributed by atoms with E-state index in [9.17, 15) is 8.42 Å². The van der Waals surface area contributed by atoms with Crippen LogP contribution in [0, 0.1) is 0 Å². The summed E-state index contributed by atoms with van der Waals surface area (Å²) in [5, 5.41) is 0.741. The Balaban J connectivity index is 2.48. The Morgan fingerprint density at radius 3 is 2.58 bits per heavy atom. The van der Waals surface area contributed by atoms with E-state index in [1.807, 2.05) is 0 Å². The van der Waals surface area contributed by atoms with Crippen LogP contribution in [-0.4, -0.2) is 19.4 Å². The molecule has 2 rings (SSSR count). The molecule has 0 spiro atoms. The van der Waals surface area contributed by atoms with Crippen molar-refractivity contribution < 1.29 is 8.42 Å². The molecule has 0 amide bonds. The van der Waals surface area contributed by atoms with Gasteiger partial charge in [-0.25, -0.2) is 24.0 Å². The Morgan fingerprint density at radius 1 is 1.21 bits per heavy atom. The number of anilines is 1. The van der Waals surface area contributed by atoms with Crippen molar-refractivity contribution in [2.45, 2.75) is 24.8 Å². The number of hydrogen-bond acceptors (Lipinski definition) is 5. The van der Waals surface area contributed by atoms with Crippen molar-refractivity contribution in [3.05, 3.63) is 30.3 Å². The van der Waals surface area contributed by atoms with Crippen LogP contribution in [0.15, 0.2) is 35.2 Å². The number of nitrogens with zero attached hydrogens (tertiary/aromatic N) is 1. The first-order valence-corrected chi connectivity index (χ1v) is 7.30. The number of nitrogens with one attached hydrogen (secondary N) is 2. The molecule has 0 radical (unpaired) electrons. The highest BCUT2D eigenvalue weighted by Gasteiger charge is 2.15. The smallest absolute Gasteiger partial charge is 0.240 e. The third kappa shape index (κ3) is 3.01. The summed E-state index contributed by atoms with van der Waals surface area (Å²) in [4.78, 5) is 4.45. The zero-order valence-corrected chi connectivity index (χ0v) is 11.5. The van der Waals surface area contributed by atoms with Gasteiger partial charge >= 0.3 is 0 Å². The van der Waals surface area contributed by atoms with E-state index in [2.05, 4.69) is 15.1 Å². The van der Waals surface area contributed by atoms with Crippen LogP contribution in [0.3, 0.4) is 0 Å². The summed E-state index contributed by atoms with van der Waals surface area (Å²) in [7, 11) is -3.48.